The fraction of sp³-hybridized carbons (Fsp3) is 0.278. The molecule has 1 amide bonds. The first-order chi connectivity index (χ1) is 12.8. The zero-order valence-corrected chi connectivity index (χ0v) is 15.2. The van der Waals surface area contributed by atoms with Crippen LogP contribution in [0.2, 0.25) is 0 Å². The molecule has 0 aliphatic carbocycles. The molecule has 0 atom stereocenters. The van der Waals surface area contributed by atoms with Gasteiger partial charge in [-0.15, -0.1) is 0 Å². The van der Waals surface area contributed by atoms with Gasteiger partial charge in [-0.25, -0.2) is 13.1 Å². The normalized spacial score (nSPS) is 15.6. The number of nitrogens with zero attached hydrogens (tertiary/aromatic N) is 1. The fourth-order valence-corrected chi connectivity index (χ4v) is 4.32. The van der Waals surface area contributed by atoms with Gasteiger partial charge < -0.3 is 20.2 Å². The highest BCUT2D eigenvalue weighted by Gasteiger charge is 2.27. The van der Waals surface area contributed by atoms with Gasteiger partial charge in [-0.1, -0.05) is 18.2 Å². The Bertz CT molecular complexity index is 915. The van der Waals surface area contributed by atoms with Gasteiger partial charge in [0.15, 0.2) is 17.2 Å². The van der Waals surface area contributed by atoms with Crippen molar-refractivity contribution >= 4 is 15.9 Å². The number of piperidine rings is 1. The molecule has 0 aromatic heterocycles. The van der Waals surface area contributed by atoms with Crippen molar-refractivity contribution in [2.45, 2.75) is 23.8 Å². The van der Waals surface area contributed by atoms with E-state index in [1.165, 1.54) is 17.0 Å². The molecule has 1 aliphatic rings. The maximum atomic E-state index is 12.5. The van der Waals surface area contributed by atoms with Crippen molar-refractivity contribution in [3.8, 4) is 17.2 Å². The molecule has 3 rings (SSSR count). The van der Waals surface area contributed by atoms with E-state index in [0.717, 1.165) is 12.1 Å². The summed E-state index contributed by atoms with van der Waals surface area (Å²) in [6.45, 7) is 0.645. The molecule has 0 bridgehead atoms. The first-order valence-electron chi connectivity index (χ1n) is 8.39. The lowest BCUT2D eigenvalue weighted by Crippen LogP contribution is -2.46. The minimum Gasteiger partial charge on any atom is -0.504 e. The van der Waals surface area contributed by atoms with Crippen LogP contribution in [0.3, 0.4) is 0 Å². The van der Waals surface area contributed by atoms with Crippen LogP contribution in [0.4, 0.5) is 0 Å². The largest absolute Gasteiger partial charge is 0.504 e. The second-order valence-electron chi connectivity index (χ2n) is 6.36. The first kappa shape index (κ1) is 19.0. The third-order valence-electron chi connectivity index (χ3n) is 4.47. The molecular formula is C18H20N2O6S. The van der Waals surface area contributed by atoms with Crippen molar-refractivity contribution in [1.29, 1.82) is 0 Å². The Kier molecular flexibility index (Phi) is 5.24. The van der Waals surface area contributed by atoms with Crippen LogP contribution in [0, 0.1) is 0 Å². The maximum absolute atomic E-state index is 12.5. The van der Waals surface area contributed by atoms with Gasteiger partial charge in [-0.2, -0.15) is 0 Å². The first-order valence-corrected chi connectivity index (χ1v) is 9.88. The summed E-state index contributed by atoms with van der Waals surface area (Å²) in [6.07, 6.45) is 0.877. The predicted molar refractivity (Wildman–Crippen MR) is 97.1 cm³/mol. The van der Waals surface area contributed by atoms with Gasteiger partial charge in [0.25, 0.3) is 5.91 Å². The van der Waals surface area contributed by atoms with E-state index in [-0.39, 0.29) is 16.5 Å². The lowest BCUT2D eigenvalue weighted by molar-refractivity contribution is 0.0710. The van der Waals surface area contributed by atoms with Gasteiger partial charge in [-0.3, -0.25) is 4.79 Å². The number of rotatable bonds is 4. The van der Waals surface area contributed by atoms with Crippen LogP contribution in [-0.2, 0) is 10.0 Å². The van der Waals surface area contributed by atoms with E-state index in [9.17, 15) is 28.5 Å². The fourth-order valence-electron chi connectivity index (χ4n) is 3.00. The summed E-state index contributed by atoms with van der Waals surface area (Å²) in [5, 5.41) is 28.5. The van der Waals surface area contributed by atoms with E-state index in [4.69, 9.17) is 0 Å². The molecule has 1 saturated heterocycles. The van der Waals surface area contributed by atoms with Gasteiger partial charge in [0, 0.05) is 24.7 Å². The summed E-state index contributed by atoms with van der Waals surface area (Å²) >= 11 is 0. The van der Waals surface area contributed by atoms with Crippen LogP contribution in [0.5, 0.6) is 17.2 Å². The van der Waals surface area contributed by atoms with Gasteiger partial charge in [0.05, 0.1) is 4.90 Å². The van der Waals surface area contributed by atoms with E-state index in [1.807, 2.05) is 0 Å². The lowest BCUT2D eigenvalue weighted by atomic mass is 10.0. The third kappa shape index (κ3) is 4.15. The standard InChI is InChI=1S/C18H20N2O6S/c21-15-10-12(11-16(22)17(15)23)18(24)20-8-6-13(7-9-20)19-27(25,26)14-4-2-1-3-5-14/h1-5,10-11,13,19,21-23H,6-9H2. The van der Waals surface area contributed by atoms with E-state index in [2.05, 4.69) is 4.72 Å². The highest BCUT2D eigenvalue weighted by molar-refractivity contribution is 7.89. The smallest absolute Gasteiger partial charge is 0.254 e. The molecule has 0 spiro atoms. The molecule has 2 aromatic rings. The number of benzene rings is 2. The van der Waals surface area contributed by atoms with Crippen molar-refractivity contribution < 1.29 is 28.5 Å². The molecular weight excluding hydrogens is 372 g/mol. The average Bonchev–Trinajstić information content (AvgIpc) is 2.66. The van der Waals surface area contributed by atoms with Gasteiger partial charge in [0.2, 0.25) is 10.0 Å². The Morgan fingerprint density at radius 2 is 1.56 bits per heavy atom. The number of carbonyl (C=O) groups excluding carboxylic acids is 1. The Hall–Kier alpha value is -2.78. The molecule has 0 radical (unpaired) electrons. The Balaban J connectivity index is 1.63. The van der Waals surface area contributed by atoms with E-state index < -0.39 is 33.2 Å². The highest BCUT2D eigenvalue weighted by Crippen LogP contribution is 2.35. The van der Waals surface area contributed by atoms with E-state index in [0.29, 0.717) is 25.9 Å². The molecule has 2 aromatic carbocycles. The maximum Gasteiger partial charge on any atom is 0.254 e. The molecule has 27 heavy (non-hydrogen) atoms. The van der Waals surface area contributed by atoms with Gasteiger partial charge in [0.1, 0.15) is 0 Å². The van der Waals surface area contributed by atoms with Gasteiger partial charge in [-0.05, 0) is 37.1 Å². The van der Waals surface area contributed by atoms with Crippen molar-refractivity contribution in [3.05, 3.63) is 48.0 Å². The van der Waals surface area contributed by atoms with Crippen LogP contribution in [-0.4, -0.2) is 53.7 Å². The van der Waals surface area contributed by atoms with Crippen LogP contribution < -0.4 is 4.72 Å². The summed E-state index contributed by atoms with van der Waals surface area (Å²) in [6, 6.07) is 9.96. The summed E-state index contributed by atoms with van der Waals surface area (Å²) < 4.78 is 27.4. The SMILES string of the molecule is O=C(c1cc(O)c(O)c(O)c1)N1CCC(NS(=O)(=O)c2ccccc2)CC1. The lowest BCUT2D eigenvalue weighted by Gasteiger charge is -2.32. The van der Waals surface area contributed by atoms with Crippen LogP contribution in [0.1, 0.15) is 23.2 Å². The van der Waals surface area contributed by atoms with Crippen molar-refractivity contribution in [3.63, 3.8) is 0 Å². The molecule has 0 saturated carbocycles. The van der Waals surface area contributed by atoms with E-state index >= 15 is 0 Å². The topological polar surface area (TPSA) is 127 Å². The number of carbonyl (C=O) groups is 1. The predicted octanol–water partition coefficient (Wildman–Crippen LogP) is 1.39. The number of phenols is 3. The second-order valence-corrected chi connectivity index (χ2v) is 8.08. The molecule has 4 N–H and O–H groups in total. The van der Waals surface area contributed by atoms with Crippen LogP contribution in [0.15, 0.2) is 47.4 Å². The summed E-state index contributed by atoms with van der Waals surface area (Å²) in [5.74, 6) is -2.25. The minimum atomic E-state index is -3.61. The van der Waals surface area contributed by atoms with Crippen LogP contribution in [0.25, 0.3) is 0 Å². The number of amides is 1. The highest BCUT2D eigenvalue weighted by atomic mass is 32.2. The number of hydrogen-bond donors (Lipinski definition) is 4. The zero-order chi connectivity index (χ0) is 19.6. The molecule has 144 valence electrons. The second kappa shape index (κ2) is 7.45. The van der Waals surface area contributed by atoms with Crippen molar-refractivity contribution in [1.82, 2.24) is 9.62 Å². The summed E-state index contributed by atoms with van der Waals surface area (Å²) in [4.78, 5) is 14.2. The Morgan fingerprint density at radius 1 is 1.00 bits per heavy atom. The average molecular weight is 392 g/mol. The summed E-state index contributed by atoms with van der Waals surface area (Å²) in [7, 11) is -3.61. The molecule has 1 fully saturated rings. The Morgan fingerprint density at radius 3 is 2.11 bits per heavy atom. The molecule has 9 heteroatoms. The molecule has 1 aliphatic heterocycles. The number of hydrogen-bond acceptors (Lipinski definition) is 6. The van der Waals surface area contributed by atoms with Crippen molar-refractivity contribution in [2.24, 2.45) is 0 Å². The Labute approximate surface area is 156 Å². The monoisotopic (exact) mass is 392 g/mol. The third-order valence-corrected chi connectivity index (χ3v) is 6.01. The van der Waals surface area contributed by atoms with Crippen molar-refractivity contribution in [2.75, 3.05) is 13.1 Å². The molecule has 0 unspecified atom stereocenters. The number of sulfonamides is 1. The zero-order valence-electron chi connectivity index (χ0n) is 14.4. The number of phenolic OH excluding ortho intramolecular Hbond substituents is 3. The number of likely N-dealkylation sites (tertiary alicyclic amines) is 1. The molecule has 8 nitrogen and oxygen atoms in total. The number of nitrogens with one attached hydrogen (secondary N) is 1. The van der Waals surface area contributed by atoms with E-state index in [1.54, 1.807) is 18.2 Å². The number of aromatic hydroxyl groups is 3. The molecule has 1 heterocycles. The minimum absolute atomic E-state index is 0.0473. The van der Waals surface area contributed by atoms with Gasteiger partial charge >= 0.3 is 0 Å². The quantitative estimate of drug-likeness (QED) is 0.582. The summed E-state index contributed by atoms with van der Waals surface area (Å²) in [5.41, 5.74) is 0.0473. The van der Waals surface area contributed by atoms with Crippen LogP contribution >= 0.6 is 0 Å².